The van der Waals surface area contributed by atoms with E-state index in [2.05, 4.69) is 5.92 Å². The molecule has 1 amide bonds. The van der Waals surface area contributed by atoms with Crippen LogP contribution in [0.5, 0.6) is 5.75 Å². The van der Waals surface area contributed by atoms with Gasteiger partial charge in [-0.05, 0) is 56.0 Å². The molecule has 2 aromatic rings. The lowest BCUT2D eigenvalue weighted by Crippen LogP contribution is -2.45. The number of carbonyl (C=O) groups is 1. The number of hydrogen-bond donors (Lipinski definition) is 0. The average molecular weight is 575 g/mol. The number of halogens is 2. The van der Waals surface area contributed by atoms with Crippen molar-refractivity contribution in [2.24, 2.45) is 0 Å². The lowest BCUT2D eigenvalue weighted by molar-refractivity contribution is -0.234. The van der Waals surface area contributed by atoms with Crippen molar-refractivity contribution in [3.05, 3.63) is 53.6 Å². The second-order valence-electron chi connectivity index (χ2n) is 10.2. The number of anilines is 1. The molecule has 214 valence electrons. The molecule has 3 aliphatic rings. The number of nitrogens with zero attached hydrogens (tertiary/aromatic N) is 2. The predicted molar refractivity (Wildman–Crippen MR) is 143 cm³/mol. The molecule has 40 heavy (non-hydrogen) atoms. The first-order valence-corrected chi connectivity index (χ1v) is 15.0. The molecule has 0 N–H and O–H groups in total. The monoisotopic (exact) mass is 574 g/mol. The van der Waals surface area contributed by atoms with Crippen LogP contribution in [0.1, 0.15) is 50.5 Å². The summed E-state index contributed by atoms with van der Waals surface area (Å²) in [6.45, 7) is 0.684. The van der Waals surface area contributed by atoms with Crippen molar-refractivity contribution in [1.29, 1.82) is 0 Å². The molecule has 5 rings (SSSR count). The Hall–Kier alpha value is -3.04. The van der Waals surface area contributed by atoms with E-state index in [1.165, 1.54) is 27.4 Å². The van der Waals surface area contributed by atoms with Gasteiger partial charge in [-0.2, -0.15) is 4.31 Å². The number of terminal acetylenes is 1. The van der Waals surface area contributed by atoms with Crippen molar-refractivity contribution in [3.63, 3.8) is 0 Å². The summed E-state index contributed by atoms with van der Waals surface area (Å²) < 4.78 is 74.2. The number of ether oxygens (including phenoxy) is 3. The van der Waals surface area contributed by atoms with Crippen LogP contribution >= 0.6 is 0 Å². The van der Waals surface area contributed by atoms with Crippen molar-refractivity contribution in [2.75, 3.05) is 37.8 Å². The topological polar surface area (TPSA) is 85.4 Å². The Balaban J connectivity index is 1.45. The smallest absolute Gasteiger partial charge is 0.293 e. The SMILES string of the molecule is C#CCN1C(=O)C2(OCCCCCCCO2)c2cc(S(=O)(=O)N3CCC[C@H]3COc3ccc(F)cc3F)ccc21. The highest BCUT2D eigenvalue weighted by atomic mass is 32.2. The van der Waals surface area contributed by atoms with Crippen LogP contribution in [0.3, 0.4) is 0 Å². The minimum absolute atomic E-state index is 0.0160. The van der Waals surface area contributed by atoms with Crippen LogP contribution in [-0.4, -0.2) is 57.6 Å². The molecule has 0 saturated carbocycles. The molecule has 1 atom stereocenters. The third-order valence-electron chi connectivity index (χ3n) is 7.54. The molecule has 0 aliphatic carbocycles. The molecular weight excluding hydrogens is 542 g/mol. The molecule has 0 unspecified atom stereocenters. The lowest BCUT2D eigenvalue weighted by Gasteiger charge is -2.30. The summed E-state index contributed by atoms with van der Waals surface area (Å²) in [5.41, 5.74) is 0.766. The molecular formula is C29H32F2N2O6S. The minimum Gasteiger partial charge on any atom is -0.489 e. The fraction of sp³-hybridized carbons (Fsp3) is 0.483. The zero-order valence-corrected chi connectivity index (χ0v) is 22.9. The number of rotatable bonds is 6. The van der Waals surface area contributed by atoms with Crippen molar-refractivity contribution in [2.45, 2.75) is 61.7 Å². The maximum absolute atomic E-state index is 14.1. The first-order valence-electron chi connectivity index (χ1n) is 13.6. The van der Waals surface area contributed by atoms with E-state index in [0.29, 0.717) is 30.2 Å². The maximum Gasteiger partial charge on any atom is 0.293 e. The Morgan fingerprint density at radius 1 is 1.02 bits per heavy atom. The first kappa shape index (κ1) is 28.5. The van der Waals surface area contributed by atoms with Gasteiger partial charge < -0.3 is 14.2 Å². The van der Waals surface area contributed by atoms with E-state index < -0.39 is 39.4 Å². The number of fused-ring (bicyclic) bond motifs is 2. The van der Waals surface area contributed by atoms with Crippen LogP contribution in [0.4, 0.5) is 14.5 Å². The Morgan fingerprint density at radius 2 is 1.75 bits per heavy atom. The zero-order chi connectivity index (χ0) is 28.3. The van der Waals surface area contributed by atoms with Gasteiger partial charge in [0, 0.05) is 18.2 Å². The Morgan fingerprint density at radius 3 is 2.45 bits per heavy atom. The number of hydrogen-bond acceptors (Lipinski definition) is 6. The van der Waals surface area contributed by atoms with Crippen LogP contribution in [0, 0.1) is 24.0 Å². The fourth-order valence-corrected chi connectivity index (χ4v) is 7.22. The van der Waals surface area contributed by atoms with Crippen LogP contribution < -0.4 is 9.64 Å². The van der Waals surface area contributed by atoms with Gasteiger partial charge in [0.15, 0.2) is 11.6 Å². The van der Waals surface area contributed by atoms with E-state index in [4.69, 9.17) is 20.6 Å². The highest BCUT2D eigenvalue weighted by Crippen LogP contribution is 2.45. The third kappa shape index (κ3) is 5.33. The van der Waals surface area contributed by atoms with Crippen molar-refractivity contribution < 1.29 is 36.2 Å². The summed E-state index contributed by atoms with van der Waals surface area (Å²) in [6.07, 6.45) is 11.1. The van der Waals surface area contributed by atoms with Crippen molar-refractivity contribution in [3.8, 4) is 18.1 Å². The molecule has 3 aliphatic heterocycles. The van der Waals surface area contributed by atoms with Gasteiger partial charge in [-0.3, -0.25) is 9.69 Å². The van der Waals surface area contributed by atoms with Crippen LogP contribution in [0.2, 0.25) is 0 Å². The number of sulfonamides is 1. The third-order valence-corrected chi connectivity index (χ3v) is 9.49. The van der Waals surface area contributed by atoms with E-state index in [0.717, 1.165) is 38.2 Å². The molecule has 11 heteroatoms. The summed E-state index contributed by atoms with van der Waals surface area (Å²) in [5.74, 6) is -1.49. The van der Waals surface area contributed by atoms with Crippen molar-refractivity contribution >= 4 is 21.6 Å². The van der Waals surface area contributed by atoms with Gasteiger partial charge in [-0.1, -0.05) is 25.2 Å². The molecule has 2 saturated heterocycles. The average Bonchev–Trinajstić information content (AvgIpc) is 3.50. The number of benzene rings is 2. The summed E-state index contributed by atoms with van der Waals surface area (Å²) in [7, 11) is -4.04. The van der Waals surface area contributed by atoms with Gasteiger partial charge in [0.1, 0.15) is 12.4 Å². The zero-order valence-electron chi connectivity index (χ0n) is 22.1. The van der Waals surface area contributed by atoms with Gasteiger partial charge in [0.25, 0.3) is 11.7 Å². The Kier molecular flexibility index (Phi) is 8.42. The minimum atomic E-state index is -4.04. The number of carbonyl (C=O) groups excluding carboxylic acids is 1. The van der Waals surface area contributed by atoms with Gasteiger partial charge in [-0.15, -0.1) is 6.42 Å². The fourth-order valence-electron chi connectivity index (χ4n) is 5.52. The van der Waals surface area contributed by atoms with Gasteiger partial charge in [-0.25, -0.2) is 17.2 Å². The normalized spacial score (nSPS) is 21.8. The summed E-state index contributed by atoms with van der Waals surface area (Å²) in [6, 6.07) is 6.87. The van der Waals surface area contributed by atoms with Gasteiger partial charge in [0.2, 0.25) is 10.0 Å². The van der Waals surface area contributed by atoms with E-state index in [1.807, 2.05) is 0 Å². The summed E-state index contributed by atoms with van der Waals surface area (Å²) >= 11 is 0. The lowest BCUT2D eigenvalue weighted by atomic mass is 10.1. The predicted octanol–water partition coefficient (Wildman–Crippen LogP) is 4.33. The molecule has 8 nitrogen and oxygen atoms in total. The number of amides is 1. The molecule has 0 aromatic heterocycles. The van der Waals surface area contributed by atoms with Crippen LogP contribution in [-0.2, 0) is 30.1 Å². The van der Waals surface area contributed by atoms with Gasteiger partial charge in [0.05, 0.1) is 36.4 Å². The molecule has 1 spiro atoms. The van der Waals surface area contributed by atoms with Crippen molar-refractivity contribution in [1.82, 2.24) is 4.31 Å². The first-order chi connectivity index (χ1) is 19.3. The standard InChI is InChI=1S/C29H32F2N2O6S/c1-2-14-32-26-12-11-23(19-24(26)29(28(32)34)38-16-6-4-3-5-7-17-39-29)40(35,36)33-15-8-9-22(33)20-37-27-13-10-21(30)18-25(27)31/h1,10-13,18-19,22H,3-9,14-17,20H2/t22-/m0/s1. The van der Waals surface area contributed by atoms with E-state index in [1.54, 1.807) is 6.07 Å². The molecule has 2 aromatic carbocycles. The molecule has 3 heterocycles. The van der Waals surface area contributed by atoms with Crippen LogP contribution in [0.25, 0.3) is 0 Å². The van der Waals surface area contributed by atoms with Crippen LogP contribution in [0.15, 0.2) is 41.3 Å². The summed E-state index contributed by atoms with van der Waals surface area (Å²) in [4.78, 5) is 15.0. The molecule has 0 radical (unpaired) electrons. The Bertz CT molecular complexity index is 1400. The Labute approximate surface area is 233 Å². The summed E-state index contributed by atoms with van der Waals surface area (Å²) in [5, 5.41) is 0. The second kappa shape index (κ2) is 11.8. The van der Waals surface area contributed by atoms with E-state index in [-0.39, 0.29) is 43.6 Å². The maximum atomic E-state index is 14.1. The second-order valence-corrected chi connectivity index (χ2v) is 12.0. The quantitative estimate of drug-likeness (QED) is 0.478. The largest absolute Gasteiger partial charge is 0.489 e. The highest BCUT2D eigenvalue weighted by molar-refractivity contribution is 7.89. The van der Waals surface area contributed by atoms with E-state index >= 15 is 0 Å². The molecule has 0 bridgehead atoms. The van der Waals surface area contributed by atoms with E-state index in [9.17, 15) is 22.0 Å². The highest BCUT2D eigenvalue weighted by Gasteiger charge is 2.54. The molecule has 2 fully saturated rings. The van der Waals surface area contributed by atoms with Gasteiger partial charge >= 0.3 is 0 Å².